The van der Waals surface area contributed by atoms with Gasteiger partial charge < -0.3 is 4.98 Å². The summed E-state index contributed by atoms with van der Waals surface area (Å²) in [6, 6.07) is 8.49. The van der Waals surface area contributed by atoms with Crippen molar-refractivity contribution in [1.82, 2.24) is 4.98 Å². The van der Waals surface area contributed by atoms with Gasteiger partial charge in [0.2, 0.25) is 0 Å². The summed E-state index contributed by atoms with van der Waals surface area (Å²) in [7, 11) is 0. The highest BCUT2D eigenvalue weighted by atomic mass is 32.2. The highest BCUT2D eigenvalue weighted by Gasteiger charge is 2.07. The molecule has 0 bridgehead atoms. The smallest absolute Gasteiger partial charge is 0.0465 e. The van der Waals surface area contributed by atoms with E-state index in [9.17, 15) is 0 Å². The molecule has 1 unspecified atom stereocenters. The molecule has 2 heteroatoms. The molecule has 80 valence electrons. The molecule has 1 heterocycles. The summed E-state index contributed by atoms with van der Waals surface area (Å²) in [6.45, 7) is 4.54. The van der Waals surface area contributed by atoms with Gasteiger partial charge in [-0.2, -0.15) is 0 Å². The number of fused-ring (bicyclic) bond motifs is 1. The third kappa shape index (κ3) is 2.37. The average Bonchev–Trinajstić information content (AvgIpc) is 2.62. The van der Waals surface area contributed by atoms with E-state index in [2.05, 4.69) is 49.3 Å². The molecule has 0 saturated heterocycles. The van der Waals surface area contributed by atoms with E-state index in [1.54, 1.807) is 0 Å². The Kier molecular flexibility index (Phi) is 3.37. The second-order valence-electron chi connectivity index (χ2n) is 3.92. The Balaban J connectivity index is 2.21. The van der Waals surface area contributed by atoms with Crippen LogP contribution in [-0.2, 0) is 0 Å². The molecule has 0 aliphatic carbocycles. The van der Waals surface area contributed by atoms with E-state index >= 15 is 0 Å². The fraction of sp³-hybridized carbons (Fsp3) is 0.385. The number of para-hydroxylation sites is 1. The number of hydrogen-bond acceptors (Lipinski definition) is 1. The van der Waals surface area contributed by atoms with Gasteiger partial charge in [0.15, 0.2) is 0 Å². The van der Waals surface area contributed by atoms with Crippen LogP contribution < -0.4 is 0 Å². The average molecular weight is 219 g/mol. The van der Waals surface area contributed by atoms with Crippen LogP contribution in [0.4, 0.5) is 0 Å². The zero-order chi connectivity index (χ0) is 10.7. The summed E-state index contributed by atoms with van der Waals surface area (Å²) in [5.41, 5.74) is 1.24. The molecule has 0 amide bonds. The van der Waals surface area contributed by atoms with Crippen molar-refractivity contribution < 1.29 is 0 Å². The Bertz CT molecular complexity index is 433. The summed E-state index contributed by atoms with van der Waals surface area (Å²) in [4.78, 5) is 4.70. The molecule has 1 N–H and O–H groups in total. The Hall–Kier alpha value is -0.890. The van der Waals surface area contributed by atoms with Gasteiger partial charge in [-0.05, 0) is 12.5 Å². The number of H-pyrrole nitrogens is 1. The third-order valence-corrected chi connectivity index (χ3v) is 3.80. The van der Waals surface area contributed by atoms with Crippen LogP contribution in [0.3, 0.4) is 0 Å². The summed E-state index contributed by atoms with van der Waals surface area (Å²) in [5, 5.41) is 2.06. The summed E-state index contributed by atoms with van der Waals surface area (Å²) in [6.07, 6.45) is 4.67. The van der Waals surface area contributed by atoms with Gasteiger partial charge in [-0.1, -0.05) is 38.5 Å². The number of nitrogens with one attached hydrogen (secondary N) is 1. The lowest BCUT2D eigenvalue weighted by atomic mass is 10.2. The van der Waals surface area contributed by atoms with Crippen LogP contribution in [0, 0.1) is 0 Å². The van der Waals surface area contributed by atoms with E-state index in [1.165, 1.54) is 28.6 Å². The molecule has 0 fully saturated rings. The van der Waals surface area contributed by atoms with Crippen LogP contribution >= 0.6 is 11.8 Å². The van der Waals surface area contributed by atoms with Crippen LogP contribution in [-0.4, -0.2) is 10.2 Å². The summed E-state index contributed by atoms with van der Waals surface area (Å²) < 4.78 is 0. The Morgan fingerprint density at radius 3 is 2.93 bits per heavy atom. The quantitative estimate of drug-likeness (QED) is 0.751. The number of hydrogen-bond donors (Lipinski definition) is 1. The normalized spacial score (nSPS) is 13.2. The van der Waals surface area contributed by atoms with Gasteiger partial charge in [-0.3, -0.25) is 0 Å². The molecule has 1 nitrogen and oxygen atoms in total. The lowest BCUT2D eigenvalue weighted by Gasteiger charge is -2.08. The maximum Gasteiger partial charge on any atom is 0.0465 e. The maximum atomic E-state index is 3.31. The highest BCUT2D eigenvalue weighted by molar-refractivity contribution is 8.00. The van der Waals surface area contributed by atoms with Gasteiger partial charge in [0.25, 0.3) is 0 Å². The Labute approximate surface area is 95.3 Å². The van der Waals surface area contributed by atoms with E-state index in [4.69, 9.17) is 0 Å². The number of benzene rings is 1. The van der Waals surface area contributed by atoms with Crippen LogP contribution in [0.15, 0.2) is 35.4 Å². The number of rotatable bonds is 4. The first kappa shape index (κ1) is 10.6. The lowest BCUT2D eigenvalue weighted by molar-refractivity contribution is 0.787. The predicted molar refractivity (Wildman–Crippen MR) is 68.5 cm³/mol. The van der Waals surface area contributed by atoms with Gasteiger partial charge in [0, 0.05) is 27.2 Å². The standard InChI is InChI=1S/C13H17NS/c1-3-6-10(2)15-13-9-14-12-8-5-4-7-11(12)13/h4-5,7-10,14H,3,6H2,1-2H3. The number of aromatic amines is 1. The largest absolute Gasteiger partial charge is 0.360 e. The molecule has 1 atom stereocenters. The molecule has 0 aliphatic rings. The van der Waals surface area contributed by atoms with E-state index < -0.39 is 0 Å². The van der Waals surface area contributed by atoms with Gasteiger partial charge in [0.1, 0.15) is 0 Å². The molecule has 1 aromatic carbocycles. The molecule has 0 radical (unpaired) electrons. The van der Waals surface area contributed by atoms with Crippen molar-refractivity contribution >= 4 is 22.7 Å². The second kappa shape index (κ2) is 4.75. The van der Waals surface area contributed by atoms with E-state index in [0.717, 1.165) is 0 Å². The van der Waals surface area contributed by atoms with E-state index in [0.29, 0.717) is 5.25 Å². The van der Waals surface area contributed by atoms with Crippen molar-refractivity contribution in [3.63, 3.8) is 0 Å². The SMILES string of the molecule is CCCC(C)Sc1c[nH]c2ccccc12. The summed E-state index contributed by atoms with van der Waals surface area (Å²) in [5.74, 6) is 0. The first-order chi connectivity index (χ1) is 7.31. The van der Waals surface area contributed by atoms with Crippen molar-refractivity contribution in [2.45, 2.75) is 36.8 Å². The minimum Gasteiger partial charge on any atom is -0.360 e. The van der Waals surface area contributed by atoms with Gasteiger partial charge in [-0.25, -0.2) is 0 Å². The van der Waals surface area contributed by atoms with Crippen molar-refractivity contribution in [3.8, 4) is 0 Å². The zero-order valence-electron chi connectivity index (χ0n) is 9.29. The fourth-order valence-corrected chi connectivity index (χ4v) is 3.04. The molecule has 0 spiro atoms. The monoisotopic (exact) mass is 219 g/mol. The van der Waals surface area contributed by atoms with Crippen LogP contribution in [0.5, 0.6) is 0 Å². The molecule has 1 aromatic heterocycles. The predicted octanol–water partition coefficient (Wildman–Crippen LogP) is 4.45. The minimum absolute atomic E-state index is 0.703. The number of thioether (sulfide) groups is 1. The molecule has 0 saturated carbocycles. The molecular formula is C13H17NS. The number of aromatic nitrogens is 1. The zero-order valence-corrected chi connectivity index (χ0v) is 10.1. The molecule has 15 heavy (non-hydrogen) atoms. The van der Waals surface area contributed by atoms with Gasteiger partial charge in [-0.15, -0.1) is 11.8 Å². The van der Waals surface area contributed by atoms with Gasteiger partial charge in [0.05, 0.1) is 0 Å². The minimum atomic E-state index is 0.703. The molecule has 2 aromatic rings. The van der Waals surface area contributed by atoms with Crippen LogP contribution in [0.2, 0.25) is 0 Å². The second-order valence-corrected chi connectivity index (χ2v) is 5.40. The Morgan fingerprint density at radius 1 is 1.33 bits per heavy atom. The topological polar surface area (TPSA) is 15.8 Å². The highest BCUT2D eigenvalue weighted by Crippen LogP contribution is 2.32. The Morgan fingerprint density at radius 2 is 2.13 bits per heavy atom. The van der Waals surface area contributed by atoms with Crippen molar-refractivity contribution in [2.75, 3.05) is 0 Å². The van der Waals surface area contributed by atoms with Crippen molar-refractivity contribution in [2.24, 2.45) is 0 Å². The third-order valence-electron chi connectivity index (χ3n) is 2.57. The first-order valence-electron chi connectivity index (χ1n) is 5.54. The van der Waals surface area contributed by atoms with Gasteiger partial charge >= 0.3 is 0 Å². The fourth-order valence-electron chi connectivity index (χ4n) is 1.82. The maximum absolute atomic E-state index is 3.31. The van der Waals surface area contributed by atoms with Crippen LogP contribution in [0.25, 0.3) is 10.9 Å². The molecule has 2 rings (SSSR count). The lowest BCUT2D eigenvalue weighted by Crippen LogP contribution is -1.93. The van der Waals surface area contributed by atoms with Crippen molar-refractivity contribution in [3.05, 3.63) is 30.5 Å². The van der Waals surface area contributed by atoms with Crippen LogP contribution in [0.1, 0.15) is 26.7 Å². The van der Waals surface area contributed by atoms with E-state index in [-0.39, 0.29) is 0 Å². The van der Waals surface area contributed by atoms with E-state index in [1.807, 2.05) is 11.8 Å². The molecule has 0 aliphatic heterocycles. The summed E-state index contributed by atoms with van der Waals surface area (Å²) >= 11 is 1.97. The first-order valence-corrected chi connectivity index (χ1v) is 6.42. The van der Waals surface area contributed by atoms with Crippen molar-refractivity contribution in [1.29, 1.82) is 0 Å². The molecular weight excluding hydrogens is 202 g/mol.